The quantitative estimate of drug-likeness (QED) is 0.533. The standard InChI is InChI=1S/C15H14N4O2S3/c1-9-8-12(18-21-9)16-13(20)10(2)23-14-17-19(15(22)24-14)11-6-4-3-5-7-11/h3-8,10H,1-2H3,(H,16,18,20)/t10-/m0/s1. The number of carbonyl (C=O) groups excluding carboxylic acids is 1. The zero-order valence-corrected chi connectivity index (χ0v) is 15.4. The van der Waals surface area contributed by atoms with Crippen LogP contribution in [0.5, 0.6) is 0 Å². The van der Waals surface area contributed by atoms with E-state index >= 15 is 0 Å². The summed E-state index contributed by atoms with van der Waals surface area (Å²) in [5, 5.41) is 10.6. The van der Waals surface area contributed by atoms with Crippen molar-refractivity contribution in [2.75, 3.05) is 5.32 Å². The molecule has 6 nitrogen and oxygen atoms in total. The van der Waals surface area contributed by atoms with E-state index in [0.29, 0.717) is 15.5 Å². The van der Waals surface area contributed by atoms with Crippen LogP contribution in [-0.2, 0) is 4.79 Å². The maximum absolute atomic E-state index is 12.2. The number of benzene rings is 1. The number of hydrogen-bond donors (Lipinski definition) is 1. The van der Waals surface area contributed by atoms with Crippen molar-refractivity contribution >= 4 is 47.0 Å². The maximum Gasteiger partial charge on any atom is 0.238 e. The third kappa shape index (κ3) is 3.92. The lowest BCUT2D eigenvalue weighted by Gasteiger charge is -2.07. The Hall–Kier alpha value is -1.97. The van der Waals surface area contributed by atoms with Crippen LogP contribution in [0.4, 0.5) is 5.82 Å². The molecule has 0 bridgehead atoms. The molecule has 1 amide bonds. The van der Waals surface area contributed by atoms with E-state index in [4.69, 9.17) is 16.7 Å². The van der Waals surface area contributed by atoms with Gasteiger partial charge in [0.05, 0.1) is 10.9 Å². The van der Waals surface area contributed by atoms with Gasteiger partial charge in [0, 0.05) is 6.07 Å². The van der Waals surface area contributed by atoms with E-state index in [2.05, 4.69) is 15.6 Å². The highest BCUT2D eigenvalue weighted by atomic mass is 32.2. The number of rotatable bonds is 5. The molecule has 0 aliphatic rings. The van der Waals surface area contributed by atoms with Crippen molar-refractivity contribution in [3.8, 4) is 5.69 Å². The van der Waals surface area contributed by atoms with Gasteiger partial charge in [-0.3, -0.25) is 4.79 Å². The number of aromatic nitrogens is 3. The molecule has 0 aliphatic heterocycles. The van der Waals surface area contributed by atoms with E-state index in [1.807, 2.05) is 37.3 Å². The Morgan fingerprint density at radius 3 is 2.83 bits per heavy atom. The van der Waals surface area contributed by atoms with Gasteiger partial charge in [-0.25, -0.2) is 4.68 Å². The van der Waals surface area contributed by atoms with Crippen molar-refractivity contribution in [2.24, 2.45) is 0 Å². The van der Waals surface area contributed by atoms with E-state index in [-0.39, 0.29) is 11.2 Å². The predicted molar refractivity (Wildman–Crippen MR) is 97.5 cm³/mol. The molecule has 3 rings (SSSR count). The van der Waals surface area contributed by atoms with Gasteiger partial charge in [-0.1, -0.05) is 46.5 Å². The summed E-state index contributed by atoms with van der Waals surface area (Å²) in [5.74, 6) is 0.887. The van der Waals surface area contributed by atoms with E-state index in [0.717, 1.165) is 10.0 Å². The summed E-state index contributed by atoms with van der Waals surface area (Å²) in [6.07, 6.45) is 0. The molecule has 0 fully saturated rings. The monoisotopic (exact) mass is 378 g/mol. The maximum atomic E-state index is 12.2. The zero-order chi connectivity index (χ0) is 17.1. The van der Waals surface area contributed by atoms with Crippen LogP contribution < -0.4 is 5.32 Å². The first kappa shape index (κ1) is 16.9. The van der Waals surface area contributed by atoms with Gasteiger partial charge in [-0.15, -0.1) is 5.10 Å². The fraction of sp³-hybridized carbons (Fsp3) is 0.200. The second kappa shape index (κ2) is 7.29. The van der Waals surface area contributed by atoms with Gasteiger partial charge in [0.2, 0.25) is 5.91 Å². The number of nitrogens with one attached hydrogen (secondary N) is 1. The van der Waals surface area contributed by atoms with Crippen molar-refractivity contribution in [2.45, 2.75) is 23.4 Å². The molecule has 1 aromatic carbocycles. The van der Waals surface area contributed by atoms with Gasteiger partial charge in [0.25, 0.3) is 0 Å². The molecule has 0 spiro atoms. The van der Waals surface area contributed by atoms with Gasteiger partial charge in [0.1, 0.15) is 5.76 Å². The molecular weight excluding hydrogens is 364 g/mol. The van der Waals surface area contributed by atoms with Crippen molar-refractivity contribution < 1.29 is 9.32 Å². The minimum atomic E-state index is -0.341. The Balaban J connectivity index is 1.69. The fourth-order valence-electron chi connectivity index (χ4n) is 1.90. The van der Waals surface area contributed by atoms with Gasteiger partial charge >= 0.3 is 0 Å². The number of thioether (sulfide) groups is 1. The number of anilines is 1. The van der Waals surface area contributed by atoms with Crippen molar-refractivity contribution in [3.63, 3.8) is 0 Å². The second-order valence-corrected chi connectivity index (χ2v) is 8.16. The van der Waals surface area contributed by atoms with Crippen molar-refractivity contribution in [3.05, 3.63) is 46.1 Å². The molecule has 0 radical (unpaired) electrons. The molecule has 1 N–H and O–H groups in total. The third-order valence-corrected chi connectivity index (χ3v) is 5.47. The van der Waals surface area contributed by atoms with Crippen LogP contribution in [0.15, 0.2) is 45.3 Å². The summed E-state index contributed by atoms with van der Waals surface area (Å²) < 4.78 is 8.02. The molecule has 2 heterocycles. The van der Waals surface area contributed by atoms with E-state index in [1.54, 1.807) is 17.7 Å². The summed E-state index contributed by atoms with van der Waals surface area (Å²) in [6.45, 7) is 3.58. The molecule has 9 heteroatoms. The highest BCUT2D eigenvalue weighted by molar-refractivity contribution is 8.02. The van der Waals surface area contributed by atoms with Crippen LogP contribution in [0.25, 0.3) is 5.69 Å². The number of para-hydroxylation sites is 1. The molecule has 0 saturated carbocycles. The van der Waals surface area contributed by atoms with Crippen LogP contribution in [0.1, 0.15) is 12.7 Å². The van der Waals surface area contributed by atoms with E-state index < -0.39 is 0 Å². The topological polar surface area (TPSA) is 73.0 Å². The average Bonchev–Trinajstić information content (AvgIpc) is 3.13. The van der Waals surface area contributed by atoms with Gasteiger partial charge < -0.3 is 9.84 Å². The molecule has 3 aromatic rings. The number of aryl methyl sites for hydroxylation is 1. The normalized spacial score (nSPS) is 12.1. The lowest BCUT2D eigenvalue weighted by Crippen LogP contribution is -2.22. The number of amides is 1. The Kier molecular flexibility index (Phi) is 5.12. The molecule has 124 valence electrons. The summed E-state index contributed by atoms with van der Waals surface area (Å²) in [5.41, 5.74) is 0.903. The first-order valence-corrected chi connectivity index (χ1v) is 9.20. The Morgan fingerprint density at radius 1 is 1.42 bits per heavy atom. The lowest BCUT2D eigenvalue weighted by molar-refractivity contribution is -0.115. The smallest absolute Gasteiger partial charge is 0.238 e. The lowest BCUT2D eigenvalue weighted by atomic mass is 10.3. The first-order valence-electron chi connectivity index (χ1n) is 7.09. The van der Waals surface area contributed by atoms with Gasteiger partial charge in [-0.05, 0) is 38.2 Å². The third-order valence-electron chi connectivity index (χ3n) is 3.06. The molecule has 1 atom stereocenters. The summed E-state index contributed by atoms with van der Waals surface area (Å²) in [4.78, 5) is 12.2. The predicted octanol–water partition coefficient (Wildman–Crippen LogP) is 4.08. The van der Waals surface area contributed by atoms with Crippen LogP contribution >= 0.6 is 35.3 Å². The average molecular weight is 379 g/mol. The molecule has 0 aliphatic carbocycles. The molecular formula is C15H14N4O2S3. The largest absolute Gasteiger partial charge is 0.360 e. The molecule has 2 aromatic heterocycles. The van der Waals surface area contributed by atoms with Crippen LogP contribution in [0, 0.1) is 10.9 Å². The first-order chi connectivity index (χ1) is 11.5. The second-order valence-electron chi connectivity index (χ2n) is 4.95. The van der Waals surface area contributed by atoms with Crippen LogP contribution in [0.2, 0.25) is 0 Å². The molecule has 0 unspecified atom stereocenters. The van der Waals surface area contributed by atoms with Gasteiger partial charge in [0.15, 0.2) is 14.1 Å². The highest BCUT2D eigenvalue weighted by Crippen LogP contribution is 2.28. The number of nitrogens with zero attached hydrogens (tertiary/aromatic N) is 3. The minimum Gasteiger partial charge on any atom is -0.360 e. The Labute approximate surface area is 151 Å². The van der Waals surface area contributed by atoms with Crippen molar-refractivity contribution in [1.82, 2.24) is 14.9 Å². The zero-order valence-electron chi connectivity index (χ0n) is 12.9. The number of carbonyl (C=O) groups is 1. The van der Waals surface area contributed by atoms with Gasteiger partial charge in [-0.2, -0.15) is 0 Å². The Morgan fingerprint density at radius 2 is 2.17 bits per heavy atom. The SMILES string of the molecule is Cc1cc(NC(=O)[C@H](C)Sc2nn(-c3ccccc3)c(=S)s2)no1. The summed E-state index contributed by atoms with van der Waals surface area (Å²) >= 11 is 8.10. The van der Waals surface area contributed by atoms with Crippen LogP contribution in [-0.4, -0.2) is 26.1 Å². The summed E-state index contributed by atoms with van der Waals surface area (Å²) in [7, 11) is 0. The van der Waals surface area contributed by atoms with E-state index in [1.165, 1.54) is 23.1 Å². The Bertz CT molecular complexity index is 901. The molecule has 0 saturated heterocycles. The van der Waals surface area contributed by atoms with E-state index in [9.17, 15) is 4.79 Å². The highest BCUT2D eigenvalue weighted by Gasteiger charge is 2.18. The minimum absolute atomic E-state index is 0.166. The summed E-state index contributed by atoms with van der Waals surface area (Å²) in [6, 6.07) is 11.3. The fourth-order valence-corrected chi connectivity index (χ4v) is 4.40. The van der Waals surface area contributed by atoms with Crippen molar-refractivity contribution in [1.29, 1.82) is 0 Å². The number of hydrogen-bond acceptors (Lipinski definition) is 7. The molecule has 24 heavy (non-hydrogen) atoms. The van der Waals surface area contributed by atoms with Crippen LogP contribution in [0.3, 0.4) is 0 Å².